The number of alkyl halides is 3. The average Bonchev–Trinajstić information content (AvgIpc) is 2.64. The first-order valence-corrected chi connectivity index (χ1v) is 8.30. The van der Waals surface area contributed by atoms with Gasteiger partial charge in [-0.05, 0) is 50.2 Å². The van der Waals surface area contributed by atoms with Gasteiger partial charge in [0, 0.05) is 17.4 Å². The largest absolute Gasteiger partial charge is 0.490 e. The first-order valence-electron chi connectivity index (χ1n) is 8.30. The lowest BCUT2D eigenvalue weighted by molar-refractivity contribution is -0.192. The van der Waals surface area contributed by atoms with Gasteiger partial charge in [0.15, 0.2) is 0 Å². The van der Waals surface area contributed by atoms with Crippen LogP contribution in [0.2, 0.25) is 0 Å². The lowest BCUT2D eigenvalue weighted by Crippen LogP contribution is -2.40. The van der Waals surface area contributed by atoms with E-state index in [1.54, 1.807) is 0 Å². The number of halogens is 3. The monoisotopic (exact) mass is 366 g/mol. The molecule has 3 rings (SSSR count). The lowest BCUT2D eigenvalue weighted by atomic mass is 10.0. The number of hydrogen-bond donors (Lipinski definition) is 2. The highest BCUT2D eigenvalue weighted by atomic mass is 19.4. The average molecular weight is 366 g/mol. The zero-order chi connectivity index (χ0) is 19.0. The summed E-state index contributed by atoms with van der Waals surface area (Å²) in [6.07, 6.45) is -2.69. The van der Waals surface area contributed by atoms with Gasteiger partial charge in [-0.15, -0.1) is 0 Å². The highest BCUT2D eigenvalue weighted by Gasteiger charge is 2.38. The molecular weight excluding hydrogens is 345 g/mol. The molecular formula is C19H21F3N2O2. The molecule has 7 heteroatoms. The minimum atomic E-state index is -5.08. The summed E-state index contributed by atoms with van der Waals surface area (Å²) in [7, 11) is 0. The van der Waals surface area contributed by atoms with Crippen LogP contribution in [0.25, 0.3) is 0 Å². The number of para-hydroxylation sites is 2. The zero-order valence-corrected chi connectivity index (χ0v) is 14.1. The van der Waals surface area contributed by atoms with Gasteiger partial charge >= 0.3 is 12.1 Å². The lowest BCUT2D eigenvalue weighted by Gasteiger charge is -2.36. The molecule has 0 bridgehead atoms. The number of carboxylic acids is 1. The van der Waals surface area contributed by atoms with Gasteiger partial charge < -0.3 is 15.3 Å². The van der Waals surface area contributed by atoms with Crippen molar-refractivity contribution in [2.45, 2.75) is 25.1 Å². The van der Waals surface area contributed by atoms with Crippen LogP contribution in [0.15, 0.2) is 60.7 Å². The van der Waals surface area contributed by atoms with Crippen molar-refractivity contribution >= 4 is 17.3 Å². The number of aliphatic carboxylic acids is 1. The quantitative estimate of drug-likeness (QED) is 0.854. The van der Waals surface area contributed by atoms with Gasteiger partial charge in [-0.25, -0.2) is 4.79 Å². The molecule has 0 radical (unpaired) electrons. The number of piperidine rings is 1. The molecule has 4 nitrogen and oxygen atoms in total. The standard InChI is InChI=1S/C17H20N2.C2HF3O2/c1-3-7-15(8-4-1)19(16-9-5-2-6-10-16)17-11-13-18-14-12-17;3-2(4,5)1(6)7/h1-10,17-18H,11-14H2;(H,6,7). The maximum absolute atomic E-state index is 10.6. The van der Waals surface area contributed by atoms with Crippen LogP contribution in [0.1, 0.15) is 12.8 Å². The summed E-state index contributed by atoms with van der Waals surface area (Å²) in [5.74, 6) is -2.76. The fourth-order valence-corrected chi connectivity index (χ4v) is 2.81. The number of rotatable bonds is 3. The van der Waals surface area contributed by atoms with Crippen molar-refractivity contribution in [2.75, 3.05) is 18.0 Å². The van der Waals surface area contributed by atoms with E-state index in [9.17, 15) is 13.2 Å². The highest BCUT2D eigenvalue weighted by Crippen LogP contribution is 2.30. The molecule has 0 saturated carbocycles. The Morgan fingerprint density at radius 1 is 0.923 bits per heavy atom. The number of anilines is 2. The summed E-state index contributed by atoms with van der Waals surface area (Å²) in [5.41, 5.74) is 2.58. The van der Waals surface area contributed by atoms with Gasteiger partial charge in [0.2, 0.25) is 0 Å². The van der Waals surface area contributed by atoms with Gasteiger partial charge in [-0.2, -0.15) is 13.2 Å². The molecule has 2 aromatic carbocycles. The molecule has 0 atom stereocenters. The number of hydrogen-bond acceptors (Lipinski definition) is 3. The fraction of sp³-hybridized carbons (Fsp3) is 0.316. The molecule has 2 aromatic rings. The third-order valence-electron chi connectivity index (χ3n) is 3.99. The molecule has 2 N–H and O–H groups in total. The van der Waals surface area contributed by atoms with E-state index in [1.165, 1.54) is 24.2 Å². The Balaban J connectivity index is 0.000000298. The molecule has 140 valence electrons. The van der Waals surface area contributed by atoms with Crippen LogP contribution in [0.5, 0.6) is 0 Å². The Bertz CT molecular complexity index is 633. The molecule has 0 amide bonds. The molecule has 0 aliphatic carbocycles. The van der Waals surface area contributed by atoms with E-state index in [4.69, 9.17) is 9.90 Å². The second kappa shape index (κ2) is 9.24. The van der Waals surface area contributed by atoms with E-state index in [0.29, 0.717) is 6.04 Å². The minimum Gasteiger partial charge on any atom is -0.475 e. The molecule has 0 spiro atoms. The number of carboxylic acid groups (broad SMARTS) is 1. The van der Waals surface area contributed by atoms with Gasteiger partial charge in [-0.1, -0.05) is 36.4 Å². The van der Waals surface area contributed by atoms with Crippen molar-refractivity contribution in [3.63, 3.8) is 0 Å². The van der Waals surface area contributed by atoms with Crippen molar-refractivity contribution < 1.29 is 23.1 Å². The molecule has 0 unspecified atom stereocenters. The van der Waals surface area contributed by atoms with Gasteiger partial charge in [0.1, 0.15) is 0 Å². The minimum absolute atomic E-state index is 0.589. The third kappa shape index (κ3) is 5.77. The van der Waals surface area contributed by atoms with E-state index in [-0.39, 0.29) is 0 Å². The van der Waals surface area contributed by atoms with E-state index < -0.39 is 12.1 Å². The summed E-state index contributed by atoms with van der Waals surface area (Å²) < 4.78 is 31.7. The zero-order valence-electron chi connectivity index (χ0n) is 14.1. The normalized spacial score (nSPS) is 14.9. The van der Waals surface area contributed by atoms with E-state index in [2.05, 4.69) is 70.9 Å². The van der Waals surface area contributed by atoms with E-state index >= 15 is 0 Å². The second-order valence-corrected chi connectivity index (χ2v) is 5.83. The smallest absolute Gasteiger partial charge is 0.475 e. The molecule has 1 aliphatic rings. The predicted octanol–water partition coefficient (Wildman–Crippen LogP) is 4.21. The summed E-state index contributed by atoms with van der Waals surface area (Å²) in [5, 5.41) is 10.6. The second-order valence-electron chi connectivity index (χ2n) is 5.83. The summed E-state index contributed by atoms with van der Waals surface area (Å²) in [6, 6.07) is 22.0. The van der Waals surface area contributed by atoms with E-state index in [1.807, 2.05) is 0 Å². The van der Waals surface area contributed by atoms with Crippen LogP contribution in [0, 0.1) is 0 Å². The Morgan fingerprint density at radius 3 is 1.65 bits per heavy atom. The Labute approximate surface area is 150 Å². The maximum atomic E-state index is 10.6. The summed E-state index contributed by atoms with van der Waals surface area (Å²) >= 11 is 0. The van der Waals surface area contributed by atoms with Crippen molar-refractivity contribution in [3.8, 4) is 0 Å². The fourth-order valence-electron chi connectivity index (χ4n) is 2.81. The Kier molecular flexibility index (Phi) is 7.03. The predicted molar refractivity (Wildman–Crippen MR) is 94.6 cm³/mol. The molecule has 1 aliphatic heterocycles. The van der Waals surface area contributed by atoms with Crippen LogP contribution < -0.4 is 10.2 Å². The molecule has 1 fully saturated rings. The topological polar surface area (TPSA) is 52.6 Å². The van der Waals surface area contributed by atoms with Crippen LogP contribution in [0.3, 0.4) is 0 Å². The maximum Gasteiger partial charge on any atom is 0.490 e. The third-order valence-corrected chi connectivity index (χ3v) is 3.99. The van der Waals surface area contributed by atoms with Gasteiger partial charge in [0.25, 0.3) is 0 Å². The number of nitrogens with one attached hydrogen (secondary N) is 1. The molecule has 26 heavy (non-hydrogen) atoms. The summed E-state index contributed by atoms with van der Waals surface area (Å²) in [4.78, 5) is 11.4. The highest BCUT2D eigenvalue weighted by molar-refractivity contribution is 5.73. The van der Waals surface area contributed by atoms with Crippen molar-refractivity contribution in [3.05, 3.63) is 60.7 Å². The van der Waals surface area contributed by atoms with Crippen LogP contribution >= 0.6 is 0 Å². The van der Waals surface area contributed by atoms with Gasteiger partial charge in [-0.3, -0.25) is 0 Å². The van der Waals surface area contributed by atoms with Crippen molar-refractivity contribution in [2.24, 2.45) is 0 Å². The van der Waals surface area contributed by atoms with Crippen LogP contribution in [-0.2, 0) is 4.79 Å². The Morgan fingerprint density at radius 2 is 1.31 bits per heavy atom. The van der Waals surface area contributed by atoms with Crippen molar-refractivity contribution in [1.82, 2.24) is 5.32 Å². The molecule has 1 heterocycles. The van der Waals surface area contributed by atoms with E-state index in [0.717, 1.165) is 13.1 Å². The number of carbonyl (C=O) groups is 1. The Hall–Kier alpha value is -2.54. The van der Waals surface area contributed by atoms with Crippen LogP contribution in [0.4, 0.5) is 24.5 Å². The van der Waals surface area contributed by atoms with Crippen molar-refractivity contribution in [1.29, 1.82) is 0 Å². The number of nitrogens with zero attached hydrogens (tertiary/aromatic N) is 1. The SMILES string of the molecule is O=C(O)C(F)(F)F.c1ccc(N(c2ccccc2)C2CCNCC2)cc1. The first kappa shape index (κ1) is 19.8. The molecule has 1 saturated heterocycles. The first-order chi connectivity index (χ1) is 12.4. The number of benzene rings is 2. The molecule has 0 aromatic heterocycles. The van der Waals surface area contributed by atoms with Gasteiger partial charge in [0.05, 0.1) is 0 Å². The van der Waals surface area contributed by atoms with Crippen LogP contribution in [-0.4, -0.2) is 36.4 Å². The summed E-state index contributed by atoms with van der Waals surface area (Å²) in [6.45, 7) is 2.22.